The number of carbonyl (C=O) groups is 1. The quantitative estimate of drug-likeness (QED) is 0.625. The van der Waals surface area contributed by atoms with Gasteiger partial charge in [0.15, 0.2) is 17.2 Å². The molecule has 8 heteroatoms. The molecule has 1 aromatic carbocycles. The summed E-state index contributed by atoms with van der Waals surface area (Å²) in [4.78, 5) is 11.9. The van der Waals surface area contributed by atoms with E-state index in [1.54, 1.807) is 33.5 Å². The van der Waals surface area contributed by atoms with Gasteiger partial charge in [-0.15, -0.1) is 10.2 Å². The molecular weight excluding hydrogens is 336 g/mol. The van der Waals surface area contributed by atoms with Crippen LogP contribution in [0, 0.1) is 0 Å². The van der Waals surface area contributed by atoms with Crippen molar-refractivity contribution in [1.82, 2.24) is 15.5 Å². The highest BCUT2D eigenvalue weighted by Gasteiger charge is 2.08. The number of aromatic nitrogens is 2. The Morgan fingerprint density at radius 1 is 1.04 bits per heavy atom. The summed E-state index contributed by atoms with van der Waals surface area (Å²) in [5, 5.41) is 13.9. The lowest BCUT2D eigenvalue weighted by Crippen LogP contribution is -2.26. The van der Waals surface area contributed by atoms with Crippen molar-refractivity contribution < 1.29 is 19.0 Å². The van der Waals surface area contributed by atoms with Gasteiger partial charge in [-0.3, -0.25) is 4.79 Å². The average molecular weight is 360 g/mol. The Hall–Kier alpha value is -2.87. The molecule has 2 N–H and O–H groups in total. The number of hydrogen-bond donors (Lipinski definition) is 2. The molecule has 0 spiro atoms. The molecule has 140 valence electrons. The fourth-order valence-electron chi connectivity index (χ4n) is 2.24. The summed E-state index contributed by atoms with van der Waals surface area (Å²) in [6, 6.07) is 9.02. The minimum Gasteiger partial charge on any atom is -0.493 e. The van der Waals surface area contributed by atoms with Crippen molar-refractivity contribution in [3.8, 4) is 11.5 Å². The van der Waals surface area contributed by atoms with Crippen LogP contribution in [0.25, 0.3) is 0 Å². The van der Waals surface area contributed by atoms with Crippen LogP contribution >= 0.6 is 0 Å². The fraction of sp³-hybridized carbons (Fsp3) is 0.389. The molecule has 26 heavy (non-hydrogen) atoms. The summed E-state index contributed by atoms with van der Waals surface area (Å²) in [5.74, 6) is 1.67. The van der Waals surface area contributed by atoms with Gasteiger partial charge in [0.2, 0.25) is 0 Å². The molecule has 2 aromatic rings. The maximum Gasteiger partial charge on any atom is 0.271 e. The highest BCUT2D eigenvalue weighted by Crippen LogP contribution is 2.27. The molecule has 0 unspecified atom stereocenters. The second-order valence-electron chi connectivity index (χ2n) is 5.45. The van der Waals surface area contributed by atoms with Gasteiger partial charge in [0.25, 0.3) is 5.91 Å². The first-order chi connectivity index (χ1) is 12.7. The summed E-state index contributed by atoms with van der Waals surface area (Å²) in [6.45, 7) is 1.68. The summed E-state index contributed by atoms with van der Waals surface area (Å²) in [5.41, 5.74) is 1.28. The molecule has 0 aliphatic carbocycles. The number of anilines is 1. The van der Waals surface area contributed by atoms with Gasteiger partial charge in [0.1, 0.15) is 5.82 Å². The highest BCUT2D eigenvalue weighted by atomic mass is 16.5. The van der Waals surface area contributed by atoms with E-state index in [2.05, 4.69) is 20.8 Å². The number of nitrogens with one attached hydrogen (secondary N) is 2. The smallest absolute Gasteiger partial charge is 0.271 e. The molecule has 0 radical (unpaired) electrons. The molecule has 0 aliphatic heterocycles. The molecule has 8 nitrogen and oxygen atoms in total. The number of ether oxygens (including phenoxy) is 3. The van der Waals surface area contributed by atoms with E-state index in [1.165, 1.54) is 0 Å². The van der Waals surface area contributed by atoms with E-state index < -0.39 is 0 Å². The summed E-state index contributed by atoms with van der Waals surface area (Å²) >= 11 is 0. The molecule has 1 amide bonds. The van der Waals surface area contributed by atoms with E-state index in [9.17, 15) is 4.79 Å². The molecule has 0 saturated carbocycles. The van der Waals surface area contributed by atoms with Gasteiger partial charge in [0.05, 0.1) is 14.2 Å². The van der Waals surface area contributed by atoms with Crippen LogP contribution in [0.5, 0.6) is 11.5 Å². The SMILES string of the molecule is COCCCNC(=O)c1ccc(NCc2ccc(OC)c(OC)c2)nn1. The first-order valence-electron chi connectivity index (χ1n) is 8.23. The number of amides is 1. The highest BCUT2D eigenvalue weighted by molar-refractivity contribution is 5.92. The Labute approximate surface area is 152 Å². The van der Waals surface area contributed by atoms with Crippen molar-refractivity contribution >= 4 is 11.7 Å². The van der Waals surface area contributed by atoms with Gasteiger partial charge in [-0.2, -0.15) is 0 Å². The predicted molar refractivity (Wildman–Crippen MR) is 97.7 cm³/mol. The number of carbonyl (C=O) groups excluding carboxylic acids is 1. The minimum atomic E-state index is -0.250. The van der Waals surface area contributed by atoms with Crippen LogP contribution in [0.1, 0.15) is 22.5 Å². The number of rotatable bonds is 10. The molecule has 0 fully saturated rings. The van der Waals surface area contributed by atoms with E-state index in [-0.39, 0.29) is 11.6 Å². The monoisotopic (exact) mass is 360 g/mol. The molecule has 2 rings (SSSR count). The lowest BCUT2D eigenvalue weighted by Gasteiger charge is -2.10. The molecular formula is C18H24N4O4. The van der Waals surface area contributed by atoms with Crippen LogP contribution < -0.4 is 20.1 Å². The number of hydrogen-bond acceptors (Lipinski definition) is 7. The maximum atomic E-state index is 11.9. The van der Waals surface area contributed by atoms with Gasteiger partial charge in [-0.25, -0.2) is 0 Å². The van der Waals surface area contributed by atoms with E-state index in [4.69, 9.17) is 14.2 Å². The van der Waals surface area contributed by atoms with Crippen LogP contribution in [0.4, 0.5) is 5.82 Å². The van der Waals surface area contributed by atoms with Crippen LogP contribution in [-0.2, 0) is 11.3 Å². The molecule has 0 saturated heterocycles. The average Bonchev–Trinajstić information content (AvgIpc) is 2.69. The van der Waals surface area contributed by atoms with Crippen LogP contribution in [0.15, 0.2) is 30.3 Å². The van der Waals surface area contributed by atoms with Gasteiger partial charge < -0.3 is 24.8 Å². The van der Waals surface area contributed by atoms with Crippen molar-refractivity contribution in [3.63, 3.8) is 0 Å². The summed E-state index contributed by atoms with van der Waals surface area (Å²) < 4.78 is 15.4. The third-order valence-electron chi connectivity index (χ3n) is 3.63. The number of benzene rings is 1. The van der Waals surface area contributed by atoms with Crippen LogP contribution in [0.3, 0.4) is 0 Å². The van der Waals surface area contributed by atoms with Gasteiger partial charge in [0, 0.05) is 26.8 Å². The van der Waals surface area contributed by atoms with Crippen LogP contribution in [0.2, 0.25) is 0 Å². The second kappa shape index (κ2) is 10.2. The number of nitrogens with zero attached hydrogens (tertiary/aromatic N) is 2. The lowest BCUT2D eigenvalue weighted by atomic mass is 10.2. The Morgan fingerprint density at radius 2 is 1.85 bits per heavy atom. The lowest BCUT2D eigenvalue weighted by molar-refractivity contribution is 0.0942. The number of methoxy groups -OCH3 is 3. The van der Waals surface area contributed by atoms with Gasteiger partial charge in [-0.1, -0.05) is 6.07 Å². The second-order valence-corrected chi connectivity index (χ2v) is 5.45. The minimum absolute atomic E-state index is 0.250. The third-order valence-corrected chi connectivity index (χ3v) is 3.63. The van der Waals surface area contributed by atoms with Gasteiger partial charge in [-0.05, 0) is 36.2 Å². The van der Waals surface area contributed by atoms with Gasteiger partial charge >= 0.3 is 0 Å². The fourth-order valence-corrected chi connectivity index (χ4v) is 2.24. The zero-order valence-corrected chi connectivity index (χ0v) is 15.2. The topological polar surface area (TPSA) is 94.6 Å². The maximum absolute atomic E-state index is 11.9. The summed E-state index contributed by atoms with van der Waals surface area (Å²) in [6.07, 6.45) is 0.751. The Balaban J connectivity index is 1.88. The van der Waals surface area contributed by atoms with Crippen molar-refractivity contribution in [2.24, 2.45) is 0 Å². The zero-order chi connectivity index (χ0) is 18.8. The standard InChI is InChI=1S/C18H24N4O4/c1-24-10-4-9-19-18(23)14-6-8-17(22-21-14)20-12-13-5-7-15(25-2)16(11-13)26-3/h5-8,11H,4,9-10,12H2,1-3H3,(H,19,23)(H,20,22). The Kier molecular flexibility index (Phi) is 7.63. The molecule has 1 aromatic heterocycles. The first-order valence-corrected chi connectivity index (χ1v) is 8.23. The molecule has 0 aliphatic rings. The zero-order valence-electron chi connectivity index (χ0n) is 15.2. The molecule has 0 atom stereocenters. The Bertz CT molecular complexity index is 707. The van der Waals surface area contributed by atoms with Crippen molar-refractivity contribution in [2.45, 2.75) is 13.0 Å². The molecule has 0 bridgehead atoms. The van der Waals surface area contributed by atoms with Crippen molar-refractivity contribution in [2.75, 3.05) is 39.8 Å². The van der Waals surface area contributed by atoms with Crippen molar-refractivity contribution in [1.29, 1.82) is 0 Å². The largest absolute Gasteiger partial charge is 0.493 e. The van der Waals surface area contributed by atoms with E-state index >= 15 is 0 Å². The summed E-state index contributed by atoms with van der Waals surface area (Å²) in [7, 11) is 4.82. The van der Waals surface area contributed by atoms with E-state index in [0.29, 0.717) is 37.0 Å². The first kappa shape index (κ1) is 19.5. The third kappa shape index (κ3) is 5.59. The normalized spacial score (nSPS) is 10.3. The predicted octanol–water partition coefficient (Wildman–Crippen LogP) is 1.87. The van der Waals surface area contributed by atoms with E-state index in [1.807, 2.05) is 18.2 Å². The van der Waals surface area contributed by atoms with Crippen LogP contribution in [-0.4, -0.2) is 50.6 Å². The Morgan fingerprint density at radius 3 is 2.50 bits per heavy atom. The molecule has 1 heterocycles. The van der Waals surface area contributed by atoms with Crippen molar-refractivity contribution in [3.05, 3.63) is 41.6 Å². The van der Waals surface area contributed by atoms with E-state index in [0.717, 1.165) is 12.0 Å².